The van der Waals surface area contributed by atoms with Crippen molar-refractivity contribution >= 4 is 17.1 Å². The zero-order chi connectivity index (χ0) is 23.7. The van der Waals surface area contributed by atoms with Crippen molar-refractivity contribution in [2.75, 3.05) is 33.3 Å². The molecule has 34 heavy (non-hydrogen) atoms. The Kier molecular flexibility index (Phi) is 6.02. The van der Waals surface area contributed by atoms with E-state index >= 15 is 0 Å². The van der Waals surface area contributed by atoms with Gasteiger partial charge in [-0.1, -0.05) is 24.3 Å². The number of methoxy groups -OCH3 is 1. The molecule has 0 saturated carbocycles. The number of H-pyrrole nitrogens is 1. The highest BCUT2D eigenvalue weighted by Gasteiger charge is 2.23. The van der Waals surface area contributed by atoms with Gasteiger partial charge in [0.2, 0.25) is 0 Å². The lowest BCUT2D eigenvalue weighted by atomic mass is 10.1. The summed E-state index contributed by atoms with van der Waals surface area (Å²) >= 11 is 0. The second kappa shape index (κ2) is 9.27. The number of benzene rings is 2. The molecule has 7 heteroatoms. The monoisotopic (exact) mass is 455 g/mol. The van der Waals surface area contributed by atoms with Gasteiger partial charge in [-0.05, 0) is 49.7 Å². The van der Waals surface area contributed by atoms with E-state index in [1.54, 1.807) is 13.3 Å². The first-order valence-electron chi connectivity index (χ1n) is 11.7. The molecule has 174 valence electrons. The van der Waals surface area contributed by atoms with E-state index in [-0.39, 0.29) is 5.91 Å². The number of nitrogens with one attached hydrogen (secondary N) is 1. The van der Waals surface area contributed by atoms with E-state index in [2.05, 4.69) is 28.7 Å². The summed E-state index contributed by atoms with van der Waals surface area (Å²) in [4.78, 5) is 30.0. The van der Waals surface area contributed by atoms with Crippen LogP contribution in [-0.4, -0.2) is 70.0 Å². The number of ether oxygens (including phenoxy) is 1. The van der Waals surface area contributed by atoms with Crippen molar-refractivity contribution in [2.24, 2.45) is 0 Å². The molecule has 0 atom stereocenters. The van der Waals surface area contributed by atoms with Crippen LogP contribution >= 0.6 is 0 Å². The molecule has 0 bridgehead atoms. The van der Waals surface area contributed by atoms with Crippen molar-refractivity contribution in [3.8, 4) is 28.3 Å². The van der Waals surface area contributed by atoms with Crippen LogP contribution in [0, 0.1) is 0 Å². The van der Waals surface area contributed by atoms with E-state index in [4.69, 9.17) is 9.72 Å². The lowest BCUT2D eigenvalue weighted by Gasteiger charge is -2.37. The third-order valence-corrected chi connectivity index (χ3v) is 6.52. The van der Waals surface area contributed by atoms with Crippen LogP contribution in [0.1, 0.15) is 24.2 Å². The van der Waals surface area contributed by atoms with Gasteiger partial charge in [0.05, 0.1) is 7.11 Å². The van der Waals surface area contributed by atoms with Gasteiger partial charge in [-0.3, -0.25) is 9.69 Å². The van der Waals surface area contributed by atoms with Crippen LogP contribution < -0.4 is 4.74 Å². The molecule has 5 rings (SSSR count). The summed E-state index contributed by atoms with van der Waals surface area (Å²) < 4.78 is 5.27. The first-order valence-corrected chi connectivity index (χ1v) is 11.7. The van der Waals surface area contributed by atoms with Gasteiger partial charge in [0.25, 0.3) is 5.91 Å². The van der Waals surface area contributed by atoms with Crippen LogP contribution in [0.3, 0.4) is 0 Å². The zero-order valence-electron chi connectivity index (χ0n) is 19.8. The molecule has 1 saturated heterocycles. The number of nitrogens with zero attached hydrogens (tertiary/aromatic N) is 4. The molecule has 0 aliphatic carbocycles. The second-order valence-corrected chi connectivity index (χ2v) is 8.87. The third kappa shape index (κ3) is 4.26. The lowest BCUT2D eigenvalue weighted by molar-refractivity contribution is 0.0595. The van der Waals surface area contributed by atoms with E-state index in [0.29, 0.717) is 11.6 Å². The van der Waals surface area contributed by atoms with Crippen molar-refractivity contribution in [3.05, 3.63) is 66.4 Å². The molecular weight excluding hydrogens is 426 g/mol. The zero-order valence-corrected chi connectivity index (χ0v) is 19.8. The molecule has 0 spiro atoms. The number of aromatic nitrogens is 3. The molecule has 1 amide bonds. The molecular formula is C27H29N5O2. The Balaban J connectivity index is 1.36. The summed E-state index contributed by atoms with van der Waals surface area (Å²) in [5, 5.41) is 0. The molecule has 1 aliphatic heterocycles. The van der Waals surface area contributed by atoms with Crippen LogP contribution in [-0.2, 0) is 0 Å². The molecule has 2 aromatic carbocycles. The fourth-order valence-electron chi connectivity index (χ4n) is 4.45. The van der Waals surface area contributed by atoms with Crippen molar-refractivity contribution < 1.29 is 9.53 Å². The van der Waals surface area contributed by atoms with Gasteiger partial charge in [0, 0.05) is 55.1 Å². The number of fused-ring (bicyclic) bond motifs is 1. The van der Waals surface area contributed by atoms with Gasteiger partial charge in [-0.2, -0.15) is 0 Å². The molecule has 1 N–H and O–H groups in total. The molecule has 1 fully saturated rings. The highest BCUT2D eigenvalue weighted by Crippen LogP contribution is 2.30. The average molecular weight is 456 g/mol. The maximum atomic E-state index is 13.0. The van der Waals surface area contributed by atoms with Crippen LogP contribution in [0.4, 0.5) is 0 Å². The minimum Gasteiger partial charge on any atom is -0.497 e. The van der Waals surface area contributed by atoms with Crippen LogP contribution in [0.15, 0.2) is 60.8 Å². The average Bonchev–Trinajstić information content (AvgIpc) is 3.33. The molecule has 3 heterocycles. The van der Waals surface area contributed by atoms with Crippen molar-refractivity contribution in [1.29, 1.82) is 0 Å². The summed E-state index contributed by atoms with van der Waals surface area (Å²) in [5.74, 6) is 1.63. The number of hydrogen-bond acceptors (Lipinski definition) is 5. The molecule has 0 unspecified atom stereocenters. The van der Waals surface area contributed by atoms with Crippen molar-refractivity contribution in [2.45, 2.75) is 19.9 Å². The van der Waals surface area contributed by atoms with E-state index in [1.165, 1.54) is 0 Å². The number of carbonyl (C=O) groups is 1. The Morgan fingerprint density at radius 3 is 2.26 bits per heavy atom. The highest BCUT2D eigenvalue weighted by atomic mass is 16.5. The Morgan fingerprint density at radius 1 is 0.941 bits per heavy atom. The van der Waals surface area contributed by atoms with Crippen LogP contribution in [0.5, 0.6) is 5.75 Å². The Hall–Kier alpha value is -3.71. The standard InChI is InChI=1S/C27H29N5O2/c1-18(2)31-14-16-32(17-15-31)27(33)21-6-4-20(5-7-21)25-29-24-23(12-13-28-26(24)30-25)19-8-10-22(34-3)11-9-19/h4-13,18H,14-17H2,1-3H3,(H,28,29,30). The first kappa shape index (κ1) is 22.1. The summed E-state index contributed by atoms with van der Waals surface area (Å²) in [5.41, 5.74) is 5.21. The molecule has 4 aromatic rings. The van der Waals surface area contributed by atoms with E-state index in [0.717, 1.165) is 65.6 Å². The number of carbonyl (C=O) groups excluding carboxylic acids is 1. The number of amides is 1. The maximum Gasteiger partial charge on any atom is 0.253 e. The fourth-order valence-corrected chi connectivity index (χ4v) is 4.45. The largest absolute Gasteiger partial charge is 0.497 e. The predicted molar refractivity (Wildman–Crippen MR) is 134 cm³/mol. The van der Waals surface area contributed by atoms with E-state index in [9.17, 15) is 4.79 Å². The number of hydrogen-bond donors (Lipinski definition) is 1. The minimum atomic E-state index is 0.0861. The number of rotatable bonds is 5. The fraction of sp³-hybridized carbons (Fsp3) is 0.296. The quantitative estimate of drug-likeness (QED) is 0.481. The van der Waals surface area contributed by atoms with Gasteiger partial charge in [-0.15, -0.1) is 0 Å². The van der Waals surface area contributed by atoms with Crippen LogP contribution in [0.25, 0.3) is 33.7 Å². The van der Waals surface area contributed by atoms with Gasteiger partial charge in [-0.25, -0.2) is 9.97 Å². The summed E-state index contributed by atoms with van der Waals surface area (Å²) in [6.07, 6.45) is 1.78. The highest BCUT2D eigenvalue weighted by molar-refractivity contribution is 5.95. The second-order valence-electron chi connectivity index (χ2n) is 8.87. The number of piperazine rings is 1. The molecule has 0 radical (unpaired) electrons. The minimum absolute atomic E-state index is 0.0861. The smallest absolute Gasteiger partial charge is 0.253 e. The Labute approximate surface area is 199 Å². The normalized spacial score (nSPS) is 14.6. The SMILES string of the molecule is COc1ccc(-c2ccnc3[nH]c(-c4ccc(C(=O)N5CCN(C(C)C)CC5)cc4)nc23)cc1. The topological polar surface area (TPSA) is 74.3 Å². The van der Waals surface area contributed by atoms with Crippen molar-refractivity contribution in [3.63, 3.8) is 0 Å². The third-order valence-electron chi connectivity index (χ3n) is 6.52. The first-order chi connectivity index (χ1) is 16.5. The number of pyridine rings is 1. The van der Waals surface area contributed by atoms with E-state index in [1.807, 2.05) is 59.5 Å². The van der Waals surface area contributed by atoms with Gasteiger partial charge in [0.1, 0.15) is 17.1 Å². The van der Waals surface area contributed by atoms with E-state index < -0.39 is 0 Å². The van der Waals surface area contributed by atoms with Gasteiger partial charge in [0.15, 0.2) is 5.65 Å². The van der Waals surface area contributed by atoms with Crippen LogP contribution in [0.2, 0.25) is 0 Å². The summed E-state index contributed by atoms with van der Waals surface area (Å²) in [6.45, 7) is 7.77. The van der Waals surface area contributed by atoms with Gasteiger partial charge < -0.3 is 14.6 Å². The predicted octanol–water partition coefficient (Wildman–Crippen LogP) is 4.47. The van der Waals surface area contributed by atoms with Gasteiger partial charge >= 0.3 is 0 Å². The maximum absolute atomic E-state index is 13.0. The lowest BCUT2D eigenvalue weighted by Crippen LogP contribution is -2.50. The summed E-state index contributed by atoms with van der Waals surface area (Å²) in [6, 6.07) is 18.1. The van der Waals surface area contributed by atoms with Crippen molar-refractivity contribution in [1.82, 2.24) is 24.8 Å². The number of aromatic amines is 1. The number of imidazole rings is 1. The Bertz CT molecular complexity index is 1290. The molecule has 7 nitrogen and oxygen atoms in total. The Morgan fingerprint density at radius 2 is 1.62 bits per heavy atom. The molecule has 2 aromatic heterocycles. The molecule has 1 aliphatic rings. The summed E-state index contributed by atoms with van der Waals surface area (Å²) in [7, 11) is 1.66.